The molecule has 2 aromatic heterocycles. The van der Waals surface area contributed by atoms with Crippen molar-refractivity contribution in [2.45, 2.75) is 19.3 Å². The first-order valence-corrected chi connectivity index (χ1v) is 9.70. The highest BCUT2D eigenvalue weighted by Gasteiger charge is 2.28. The SMILES string of the molecule is O=C1CNc2ncc(-c3ccc4cn[nH]c4c3)nc2N1CCC1CCOCC1.[HH].[HH]. The zero-order chi connectivity index (χ0) is 18.9. The third-order valence-electron chi connectivity index (χ3n) is 5.56. The normalized spacial score (nSPS) is 17.6. The van der Waals surface area contributed by atoms with Gasteiger partial charge in [0.25, 0.3) is 0 Å². The Labute approximate surface area is 165 Å². The Morgan fingerprint density at radius 3 is 3.04 bits per heavy atom. The fourth-order valence-corrected chi connectivity index (χ4v) is 3.88. The van der Waals surface area contributed by atoms with E-state index in [1.54, 1.807) is 17.3 Å². The Hall–Kier alpha value is -3.00. The lowest BCUT2D eigenvalue weighted by molar-refractivity contribution is -0.117. The van der Waals surface area contributed by atoms with Gasteiger partial charge in [-0.3, -0.25) is 14.8 Å². The second kappa shape index (κ2) is 7.20. The van der Waals surface area contributed by atoms with E-state index in [4.69, 9.17) is 9.72 Å². The average Bonchev–Trinajstić information content (AvgIpc) is 3.21. The van der Waals surface area contributed by atoms with Crippen LogP contribution in [0.4, 0.5) is 11.6 Å². The van der Waals surface area contributed by atoms with Crippen molar-refractivity contribution < 1.29 is 12.4 Å². The summed E-state index contributed by atoms with van der Waals surface area (Å²) in [6, 6.07) is 6.00. The van der Waals surface area contributed by atoms with Gasteiger partial charge in [-0.25, -0.2) is 9.97 Å². The number of fused-ring (bicyclic) bond motifs is 2. The van der Waals surface area contributed by atoms with Crippen molar-refractivity contribution in [2.24, 2.45) is 5.92 Å². The first-order chi connectivity index (χ1) is 13.8. The molecule has 0 radical (unpaired) electrons. The molecule has 1 amide bonds. The van der Waals surface area contributed by atoms with E-state index in [0.717, 1.165) is 54.6 Å². The highest BCUT2D eigenvalue weighted by atomic mass is 16.5. The van der Waals surface area contributed by atoms with Gasteiger partial charge in [0.2, 0.25) is 5.91 Å². The molecule has 0 spiro atoms. The summed E-state index contributed by atoms with van der Waals surface area (Å²) in [7, 11) is 0. The van der Waals surface area contributed by atoms with Gasteiger partial charge < -0.3 is 10.1 Å². The molecule has 0 aliphatic carbocycles. The zero-order valence-electron chi connectivity index (χ0n) is 15.5. The van der Waals surface area contributed by atoms with Gasteiger partial charge in [-0.05, 0) is 31.2 Å². The predicted molar refractivity (Wildman–Crippen MR) is 110 cm³/mol. The number of H-pyrrole nitrogens is 1. The van der Waals surface area contributed by atoms with E-state index in [-0.39, 0.29) is 15.3 Å². The third-order valence-corrected chi connectivity index (χ3v) is 5.56. The van der Waals surface area contributed by atoms with Crippen LogP contribution in [-0.2, 0) is 9.53 Å². The molecule has 1 saturated heterocycles. The van der Waals surface area contributed by atoms with E-state index in [0.29, 0.717) is 24.1 Å². The summed E-state index contributed by atoms with van der Waals surface area (Å²) < 4.78 is 5.44. The molecule has 0 atom stereocenters. The Kier molecular flexibility index (Phi) is 4.40. The second-order valence-electron chi connectivity index (χ2n) is 7.34. The van der Waals surface area contributed by atoms with Crippen molar-refractivity contribution in [1.82, 2.24) is 20.2 Å². The largest absolute Gasteiger partial charge is 0.381 e. The molecule has 4 heterocycles. The molecule has 148 valence electrons. The van der Waals surface area contributed by atoms with E-state index in [2.05, 4.69) is 20.5 Å². The van der Waals surface area contributed by atoms with Crippen LogP contribution in [0.3, 0.4) is 0 Å². The van der Waals surface area contributed by atoms with E-state index < -0.39 is 0 Å². The molecule has 1 fully saturated rings. The van der Waals surface area contributed by atoms with E-state index in [9.17, 15) is 4.79 Å². The van der Waals surface area contributed by atoms with E-state index in [1.165, 1.54) is 0 Å². The van der Waals surface area contributed by atoms with Crippen molar-refractivity contribution in [3.8, 4) is 11.3 Å². The zero-order valence-corrected chi connectivity index (χ0v) is 15.5. The minimum absolute atomic E-state index is 0. The summed E-state index contributed by atoms with van der Waals surface area (Å²) in [5.41, 5.74) is 2.62. The molecule has 28 heavy (non-hydrogen) atoms. The molecule has 3 aromatic rings. The van der Waals surface area contributed by atoms with Crippen LogP contribution in [-0.4, -0.2) is 52.4 Å². The van der Waals surface area contributed by atoms with Crippen molar-refractivity contribution in [2.75, 3.05) is 36.5 Å². The van der Waals surface area contributed by atoms with Crippen molar-refractivity contribution >= 4 is 28.4 Å². The van der Waals surface area contributed by atoms with Gasteiger partial charge in [0.1, 0.15) is 0 Å². The third kappa shape index (κ3) is 3.20. The van der Waals surface area contributed by atoms with Crippen molar-refractivity contribution in [3.63, 3.8) is 0 Å². The highest BCUT2D eigenvalue weighted by Crippen LogP contribution is 2.30. The van der Waals surface area contributed by atoms with Crippen molar-refractivity contribution in [1.29, 1.82) is 0 Å². The lowest BCUT2D eigenvalue weighted by atomic mass is 9.96. The topological polar surface area (TPSA) is 96.0 Å². The molecule has 5 rings (SSSR count). The first-order valence-electron chi connectivity index (χ1n) is 9.70. The number of anilines is 2. The molecular formula is C20H26N6O2. The van der Waals surface area contributed by atoms with Gasteiger partial charge in [-0.2, -0.15) is 5.10 Å². The van der Waals surface area contributed by atoms with Crippen LogP contribution >= 0.6 is 0 Å². The van der Waals surface area contributed by atoms with Gasteiger partial charge in [0.15, 0.2) is 11.6 Å². The number of aromatic amines is 1. The Balaban J connectivity index is 0.00000128. The summed E-state index contributed by atoms with van der Waals surface area (Å²) in [6.45, 7) is 2.55. The quantitative estimate of drug-likeness (QED) is 0.720. The van der Waals surface area contributed by atoms with Crippen LogP contribution in [0.5, 0.6) is 0 Å². The number of benzene rings is 1. The Morgan fingerprint density at radius 1 is 1.25 bits per heavy atom. The standard InChI is InChI=1S/C20H22N6O2.2H2/c27-18-12-22-19-20(26(18)6-3-13-4-7-28-8-5-13)24-17(11-21-19)14-1-2-15-10-23-25-16(15)9-14;;/h1-2,9-11,13H,3-8,12H2,(H,21,22)(H,23,25);2*1H. The number of carbonyl (C=O) groups is 1. The van der Waals surface area contributed by atoms with Crippen molar-refractivity contribution in [3.05, 3.63) is 30.6 Å². The Bertz CT molecular complexity index is 1020. The van der Waals surface area contributed by atoms with Gasteiger partial charge in [0.05, 0.1) is 30.1 Å². The molecule has 0 unspecified atom stereocenters. The minimum atomic E-state index is 0. The molecule has 2 aliphatic heterocycles. The van der Waals surface area contributed by atoms with Crippen LogP contribution in [0.1, 0.15) is 22.1 Å². The summed E-state index contributed by atoms with van der Waals surface area (Å²) in [4.78, 5) is 23.7. The number of aromatic nitrogens is 4. The number of amides is 1. The van der Waals surface area contributed by atoms with Crippen LogP contribution in [0.2, 0.25) is 0 Å². The maximum Gasteiger partial charge on any atom is 0.247 e. The number of carbonyl (C=O) groups excluding carboxylic acids is 1. The molecule has 1 aromatic carbocycles. The monoisotopic (exact) mass is 382 g/mol. The first kappa shape index (κ1) is 17.1. The van der Waals surface area contributed by atoms with Gasteiger partial charge in [-0.1, -0.05) is 12.1 Å². The summed E-state index contributed by atoms with van der Waals surface area (Å²) >= 11 is 0. The molecule has 8 nitrogen and oxygen atoms in total. The lowest BCUT2D eigenvalue weighted by Crippen LogP contribution is -2.42. The second-order valence-corrected chi connectivity index (χ2v) is 7.34. The lowest BCUT2D eigenvalue weighted by Gasteiger charge is -2.30. The maximum absolute atomic E-state index is 12.6. The highest BCUT2D eigenvalue weighted by molar-refractivity contribution is 6.01. The Morgan fingerprint density at radius 2 is 2.14 bits per heavy atom. The van der Waals surface area contributed by atoms with Crippen LogP contribution in [0, 0.1) is 5.92 Å². The maximum atomic E-state index is 12.6. The van der Waals surface area contributed by atoms with E-state index in [1.807, 2.05) is 18.2 Å². The van der Waals surface area contributed by atoms with Crippen LogP contribution < -0.4 is 10.2 Å². The van der Waals surface area contributed by atoms with Gasteiger partial charge in [0, 0.05) is 33.6 Å². The summed E-state index contributed by atoms with van der Waals surface area (Å²) in [5, 5.41) is 11.2. The number of ether oxygens (including phenoxy) is 1. The molecule has 0 saturated carbocycles. The smallest absolute Gasteiger partial charge is 0.247 e. The predicted octanol–water partition coefficient (Wildman–Crippen LogP) is 3.09. The fourth-order valence-electron chi connectivity index (χ4n) is 3.88. The minimum Gasteiger partial charge on any atom is -0.381 e. The van der Waals surface area contributed by atoms with E-state index >= 15 is 0 Å². The van der Waals surface area contributed by atoms with Gasteiger partial charge in [-0.15, -0.1) is 0 Å². The summed E-state index contributed by atoms with van der Waals surface area (Å²) in [5.74, 6) is 1.91. The summed E-state index contributed by atoms with van der Waals surface area (Å²) in [6.07, 6.45) is 6.61. The number of rotatable bonds is 4. The van der Waals surface area contributed by atoms with Crippen LogP contribution in [0.15, 0.2) is 30.6 Å². The van der Waals surface area contributed by atoms with Gasteiger partial charge >= 0.3 is 0 Å². The number of nitrogens with one attached hydrogen (secondary N) is 2. The fraction of sp³-hybridized carbons (Fsp3) is 0.400. The molecular weight excluding hydrogens is 356 g/mol. The number of nitrogens with zero attached hydrogens (tertiary/aromatic N) is 4. The van der Waals surface area contributed by atoms with Crippen LogP contribution in [0.25, 0.3) is 22.2 Å². The number of hydrogen-bond donors (Lipinski definition) is 2. The molecule has 8 heteroatoms. The number of hydrogen-bond acceptors (Lipinski definition) is 6. The molecule has 0 bridgehead atoms. The average molecular weight is 382 g/mol. The molecule has 2 N–H and O–H groups in total. The molecule has 2 aliphatic rings.